The van der Waals surface area contributed by atoms with E-state index in [9.17, 15) is 9.90 Å². The molecule has 0 bridgehead atoms. The second-order valence-electron chi connectivity index (χ2n) is 9.13. The molecule has 1 amide bonds. The van der Waals surface area contributed by atoms with E-state index >= 15 is 0 Å². The van der Waals surface area contributed by atoms with Crippen LogP contribution in [0.25, 0.3) is 10.9 Å². The first-order valence-corrected chi connectivity index (χ1v) is 11.9. The lowest BCUT2D eigenvalue weighted by atomic mass is 9.94. The van der Waals surface area contributed by atoms with Crippen LogP contribution in [0.2, 0.25) is 0 Å². The molecule has 7 nitrogen and oxygen atoms in total. The van der Waals surface area contributed by atoms with Gasteiger partial charge in [-0.05, 0) is 61.6 Å². The first kappa shape index (κ1) is 21.5. The number of phenolic OH excluding ortho intramolecular Hbond substituents is 1. The third-order valence-corrected chi connectivity index (χ3v) is 6.96. The Balaban J connectivity index is 1.33. The Morgan fingerprint density at radius 3 is 2.55 bits per heavy atom. The molecule has 172 valence electrons. The van der Waals surface area contributed by atoms with E-state index in [2.05, 4.69) is 27.3 Å². The van der Waals surface area contributed by atoms with Crippen molar-refractivity contribution in [1.82, 2.24) is 14.9 Å². The average molecular weight is 446 g/mol. The van der Waals surface area contributed by atoms with Crippen molar-refractivity contribution in [3.63, 3.8) is 0 Å². The van der Waals surface area contributed by atoms with Crippen molar-refractivity contribution in [3.8, 4) is 5.75 Å². The Kier molecular flexibility index (Phi) is 6.03. The second-order valence-corrected chi connectivity index (χ2v) is 9.13. The van der Waals surface area contributed by atoms with Gasteiger partial charge in [0.2, 0.25) is 11.9 Å². The quantitative estimate of drug-likeness (QED) is 0.601. The lowest BCUT2D eigenvalue weighted by molar-refractivity contribution is -0.128. The zero-order chi connectivity index (χ0) is 22.8. The summed E-state index contributed by atoms with van der Waals surface area (Å²) in [5.41, 5.74) is 3.88. The standard InChI is InChI=1S/C26H31N5O2/c1-18(32)30-13-4-14-31(16-15-30)22-10-8-21(9-11-22)28-26-27-17-20-7-12-23(33)24(25(20)29-26)19-5-2-3-6-19/h7-12,17,19,33H,2-6,13-16H2,1H3,(H,27,28,29). The van der Waals surface area contributed by atoms with Crippen molar-refractivity contribution < 1.29 is 9.90 Å². The van der Waals surface area contributed by atoms with E-state index in [0.717, 1.165) is 73.3 Å². The number of nitrogens with one attached hydrogen (secondary N) is 1. The third kappa shape index (κ3) is 4.58. The van der Waals surface area contributed by atoms with E-state index in [-0.39, 0.29) is 5.91 Å². The predicted molar refractivity (Wildman–Crippen MR) is 131 cm³/mol. The number of phenols is 1. The predicted octanol–water partition coefficient (Wildman–Crippen LogP) is 4.80. The smallest absolute Gasteiger partial charge is 0.227 e. The van der Waals surface area contributed by atoms with Crippen LogP contribution < -0.4 is 10.2 Å². The molecule has 1 aliphatic heterocycles. The number of fused-ring (bicyclic) bond motifs is 1. The van der Waals surface area contributed by atoms with Gasteiger partial charge in [0.05, 0.1) is 5.52 Å². The lowest BCUT2D eigenvalue weighted by Crippen LogP contribution is -2.33. The van der Waals surface area contributed by atoms with Crippen LogP contribution in [0.4, 0.5) is 17.3 Å². The number of hydrogen-bond acceptors (Lipinski definition) is 6. The van der Waals surface area contributed by atoms with Crippen molar-refractivity contribution >= 4 is 34.1 Å². The number of hydrogen-bond donors (Lipinski definition) is 2. The molecule has 0 atom stereocenters. The first-order valence-electron chi connectivity index (χ1n) is 11.9. The fraction of sp³-hybridized carbons (Fsp3) is 0.423. The van der Waals surface area contributed by atoms with Crippen LogP contribution in [-0.2, 0) is 4.79 Å². The number of anilines is 3. The number of rotatable bonds is 4. The highest BCUT2D eigenvalue weighted by Gasteiger charge is 2.23. The van der Waals surface area contributed by atoms with E-state index in [1.165, 1.54) is 12.8 Å². The number of nitrogens with zero attached hydrogens (tertiary/aromatic N) is 4. The Morgan fingerprint density at radius 2 is 1.79 bits per heavy atom. The van der Waals surface area contributed by atoms with Gasteiger partial charge in [0.1, 0.15) is 5.75 Å². The number of aromatic nitrogens is 2. The Morgan fingerprint density at radius 1 is 1.00 bits per heavy atom. The molecule has 2 aliphatic rings. The van der Waals surface area contributed by atoms with Crippen LogP contribution in [-0.4, -0.2) is 52.1 Å². The zero-order valence-corrected chi connectivity index (χ0v) is 19.1. The van der Waals surface area contributed by atoms with Gasteiger partial charge in [-0.25, -0.2) is 9.97 Å². The zero-order valence-electron chi connectivity index (χ0n) is 19.1. The number of carbonyl (C=O) groups is 1. The summed E-state index contributed by atoms with van der Waals surface area (Å²) in [6.07, 6.45) is 7.40. The third-order valence-electron chi connectivity index (χ3n) is 6.96. The molecule has 1 saturated heterocycles. The number of aromatic hydroxyl groups is 1. The normalized spacial score (nSPS) is 17.4. The van der Waals surface area contributed by atoms with Gasteiger partial charge in [0.25, 0.3) is 0 Å². The molecule has 2 heterocycles. The summed E-state index contributed by atoms with van der Waals surface area (Å²) in [5.74, 6) is 1.38. The summed E-state index contributed by atoms with van der Waals surface area (Å²) in [6, 6.07) is 11.9. The molecule has 0 spiro atoms. The minimum Gasteiger partial charge on any atom is -0.508 e. The number of amides is 1. The summed E-state index contributed by atoms with van der Waals surface area (Å²) < 4.78 is 0. The Hall–Kier alpha value is -3.35. The number of carbonyl (C=O) groups excluding carboxylic acids is 1. The van der Waals surface area contributed by atoms with Gasteiger partial charge in [-0.2, -0.15) is 0 Å². The Bertz CT molecular complexity index is 1140. The summed E-state index contributed by atoms with van der Waals surface area (Å²) in [5, 5.41) is 14.8. The average Bonchev–Trinajstić information content (AvgIpc) is 3.22. The van der Waals surface area contributed by atoms with Gasteiger partial charge >= 0.3 is 0 Å². The van der Waals surface area contributed by atoms with Crippen LogP contribution in [0.15, 0.2) is 42.6 Å². The van der Waals surface area contributed by atoms with Crippen LogP contribution >= 0.6 is 0 Å². The topological polar surface area (TPSA) is 81.6 Å². The second kappa shape index (κ2) is 9.25. The van der Waals surface area contributed by atoms with E-state index in [0.29, 0.717) is 17.6 Å². The van der Waals surface area contributed by atoms with Gasteiger partial charge in [-0.1, -0.05) is 12.8 Å². The molecule has 1 saturated carbocycles. The fourth-order valence-electron chi connectivity index (χ4n) is 5.16. The van der Waals surface area contributed by atoms with Gasteiger partial charge in [-0.15, -0.1) is 0 Å². The molecule has 2 fully saturated rings. The maximum atomic E-state index is 11.7. The van der Waals surface area contributed by atoms with Crippen LogP contribution in [0.5, 0.6) is 5.75 Å². The molecular weight excluding hydrogens is 414 g/mol. The van der Waals surface area contributed by atoms with E-state index < -0.39 is 0 Å². The largest absolute Gasteiger partial charge is 0.508 e. The van der Waals surface area contributed by atoms with Crippen LogP contribution in [0.1, 0.15) is 50.5 Å². The molecule has 5 rings (SSSR count). The maximum Gasteiger partial charge on any atom is 0.227 e. The molecule has 3 aromatic rings. The van der Waals surface area contributed by atoms with Crippen LogP contribution in [0.3, 0.4) is 0 Å². The van der Waals surface area contributed by atoms with Crippen molar-refractivity contribution in [1.29, 1.82) is 0 Å². The summed E-state index contributed by atoms with van der Waals surface area (Å²) in [4.78, 5) is 25.2. The lowest BCUT2D eigenvalue weighted by Gasteiger charge is -2.23. The molecule has 1 aromatic heterocycles. The molecule has 0 radical (unpaired) electrons. The molecule has 0 unspecified atom stereocenters. The van der Waals surface area contributed by atoms with E-state index in [1.54, 1.807) is 13.0 Å². The van der Waals surface area contributed by atoms with Gasteiger partial charge < -0.3 is 20.2 Å². The maximum absolute atomic E-state index is 11.7. The van der Waals surface area contributed by atoms with E-state index in [1.807, 2.05) is 29.3 Å². The fourth-order valence-corrected chi connectivity index (χ4v) is 5.16. The van der Waals surface area contributed by atoms with E-state index in [4.69, 9.17) is 4.98 Å². The molecule has 2 N–H and O–H groups in total. The van der Waals surface area contributed by atoms with Crippen LogP contribution in [0, 0.1) is 0 Å². The summed E-state index contributed by atoms with van der Waals surface area (Å²) in [7, 11) is 0. The van der Waals surface area contributed by atoms with Gasteiger partial charge in [-0.3, -0.25) is 4.79 Å². The van der Waals surface area contributed by atoms with Gasteiger partial charge in [0, 0.05) is 61.6 Å². The van der Waals surface area contributed by atoms with Gasteiger partial charge in [0.15, 0.2) is 0 Å². The first-order chi connectivity index (χ1) is 16.1. The highest BCUT2D eigenvalue weighted by Crippen LogP contribution is 2.41. The molecule has 33 heavy (non-hydrogen) atoms. The van der Waals surface area contributed by atoms with Crippen molar-refractivity contribution in [2.45, 2.75) is 44.9 Å². The molecular formula is C26H31N5O2. The molecule has 2 aromatic carbocycles. The monoisotopic (exact) mass is 445 g/mol. The minimum absolute atomic E-state index is 0.149. The molecule has 1 aliphatic carbocycles. The highest BCUT2D eigenvalue weighted by atomic mass is 16.3. The van der Waals surface area contributed by atoms with Crippen molar-refractivity contribution in [2.75, 3.05) is 36.4 Å². The minimum atomic E-state index is 0.149. The molecule has 7 heteroatoms. The van der Waals surface area contributed by atoms with Crippen molar-refractivity contribution in [3.05, 3.63) is 48.2 Å². The SMILES string of the molecule is CC(=O)N1CCCN(c2ccc(Nc3ncc4ccc(O)c(C5CCCC5)c4n3)cc2)CC1. The van der Waals surface area contributed by atoms with Crippen molar-refractivity contribution in [2.24, 2.45) is 0 Å². The summed E-state index contributed by atoms with van der Waals surface area (Å²) in [6.45, 7) is 5.01. The Labute approximate surface area is 194 Å². The summed E-state index contributed by atoms with van der Waals surface area (Å²) >= 11 is 0. The highest BCUT2D eigenvalue weighted by molar-refractivity contribution is 5.85. The number of benzene rings is 2.